The molecule has 368 valence electrons. The molecule has 0 unspecified atom stereocenters. The van der Waals surface area contributed by atoms with Crippen LogP contribution in [0.2, 0.25) is 0 Å². The smallest absolute Gasteiger partial charge is 0.164 e. The van der Waals surface area contributed by atoms with E-state index < -0.39 is 0 Å². The van der Waals surface area contributed by atoms with Crippen LogP contribution >= 0.6 is 0 Å². The Balaban J connectivity index is 1.01. The molecule has 10 heteroatoms. The first-order valence-corrected chi connectivity index (χ1v) is 25.9. The highest BCUT2D eigenvalue weighted by molar-refractivity contribution is 6.13. The van der Waals surface area contributed by atoms with E-state index in [4.69, 9.17) is 29.9 Å². The Hall–Kier alpha value is -11.2. The number of hydrogen-bond acceptors (Lipinski definition) is 8. The lowest BCUT2D eigenvalue weighted by Gasteiger charge is -2.21. The minimum absolute atomic E-state index is 0.464. The van der Waals surface area contributed by atoms with Gasteiger partial charge in [0, 0.05) is 60.5 Å². The normalized spacial score (nSPS) is 11.3. The molecule has 10 aromatic carbocycles. The van der Waals surface area contributed by atoms with Crippen molar-refractivity contribution in [2.75, 3.05) is 0 Å². The van der Waals surface area contributed by atoms with E-state index in [9.17, 15) is 10.5 Å². The number of benzene rings is 10. The molecule has 14 rings (SSSR count). The van der Waals surface area contributed by atoms with Crippen LogP contribution in [-0.4, -0.2) is 39.0 Å². The van der Waals surface area contributed by atoms with Gasteiger partial charge in [0.2, 0.25) is 0 Å². The number of fused-ring (bicyclic) bond motifs is 6. The van der Waals surface area contributed by atoms with Gasteiger partial charge in [0.1, 0.15) is 0 Å². The van der Waals surface area contributed by atoms with Gasteiger partial charge in [-0.2, -0.15) is 10.5 Å². The second-order valence-electron chi connectivity index (χ2n) is 19.4. The molecule has 0 aliphatic rings. The van der Waals surface area contributed by atoms with Crippen molar-refractivity contribution in [2.24, 2.45) is 0 Å². The van der Waals surface area contributed by atoms with E-state index in [1.807, 2.05) is 165 Å². The topological polar surface area (TPSA) is 135 Å². The summed E-state index contributed by atoms with van der Waals surface area (Å²) in [6.45, 7) is 2.01. The average Bonchev–Trinajstić information content (AvgIpc) is 4.06. The van der Waals surface area contributed by atoms with Gasteiger partial charge in [-0.1, -0.05) is 164 Å². The fourth-order valence-electron chi connectivity index (χ4n) is 10.9. The van der Waals surface area contributed by atoms with E-state index in [1.54, 1.807) is 0 Å². The number of nitriles is 2. The quantitative estimate of drug-likeness (QED) is 0.139. The molecule has 79 heavy (non-hydrogen) atoms. The third kappa shape index (κ3) is 8.21. The molecule has 0 spiro atoms. The van der Waals surface area contributed by atoms with Gasteiger partial charge in [0.25, 0.3) is 0 Å². The largest absolute Gasteiger partial charge is 0.308 e. The molecule has 0 radical (unpaired) electrons. The fraction of sp³-hybridized carbons (Fsp3) is 0.0145. The Morgan fingerprint density at radius 2 is 0.620 bits per heavy atom. The minimum atomic E-state index is 0.464. The Morgan fingerprint density at radius 3 is 1.00 bits per heavy atom. The molecule has 0 fully saturated rings. The Kier molecular flexibility index (Phi) is 11.3. The molecule has 0 aliphatic carbocycles. The maximum atomic E-state index is 11.1. The summed E-state index contributed by atoms with van der Waals surface area (Å²) in [7, 11) is 0. The van der Waals surface area contributed by atoms with Crippen LogP contribution in [-0.2, 0) is 0 Å². The summed E-state index contributed by atoms with van der Waals surface area (Å²) in [4.78, 5) is 30.3. The van der Waals surface area contributed by atoms with Crippen LogP contribution in [0.25, 0.3) is 134 Å². The summed E-state index contributed by atoms with van der Waals surface area (Å²) < 4.78 is 4.50. The number of aromatic nitrogens is 8. The second-order valence-corrected chi connectivity index (χ2v) is 19.4. The summed E-state index contributed by atoms with van der Waals surface area (Å²) in [5, 5.41) is 25.6. The van der Waals surface area contributed by atoms with Crippen LogP contribution in [0.5, 0.6) is 0 Å². The zero-order valence-corrected chi connectivity index (χ0v) is 42.5. The fourth-order valence-corrected chi connectivity index (χ4v) is 10.9. The number of hydrogen-bond donors (Lipinski definition) is 0. The van der Waals surface area contributed by atoms with E-state index in [1.165, 1.54) is 0 Å². The molecule has 0 amide bonds. The number of aryl methyl sites for hydroxylation is 1. The van der Waals surface area contributed by atoms with E-state index in [2.05, 4.69) is 100 Å². The van der Waals surface area contributed by atoms with Crippen molar-refractivity contribution < 1.29 is 0 Å². The summed E-state index contributed by atoms with van der Waals surface area (Å²) in [6, 6.07) is 84.2. The molecular weight excluding hydrogens is 969 g/mol. The zero-order valence-electron chi connectivity index (χ0n) is 42.5. The third-order valence-corrected chi connectivity index (χ3v) is 14.5. The minimum Gasteiger partial charge on any atom is -0.308 e. The average molecular weight is 1010 g/mol. The maximum absolute atomic E-state index is 11.1. The monoisotopic (exact) mass is 1010 g/mol. The maximum Gasteiger partial charge on any atom is 0.164 e. The predicted octanol–water partition coefficient (Wildman–Crippen LogP) is 16.0. The highest BCUT2D eigenvalue weighted by atomic mass is 15.1. The van der Waals surface area contributed by atoms with E-state index in [0.29, 0.717) is 46.1 Å². The highest BCUT2D eigenvalue weighted by Crippen LogP contribution is 2.44. The van der Waals surface area contributed by atoms with Crippen LogP contribution in [0, 0.1) is 29.6 Å². The van der Waals surface area contributed by atoms with Crippen molar-refractivity contribution in [2.45, 2.75) is 6.92 Å². The van der Waals surface area contributed by atoms with Crippen molar-refractivity contribution in [3.8, 4) is 103 Å². The van der Waals surface area contributed by atoms with Gasteiger partial charge < -0.3 is 9.13 Å². The van der Waals surface area contributed by atoms with Crippen LogP contribution in [0.15, 0.2) is 237 Å². The summed E-state index contributed by atoms with van der Waals surface area (Å²) >= 11 is 0. The lowest BCUT2D eigenvalue weighted by atomic mass is 9.95. The van der Waals surface area contributed by atoms with Gasteiger partial charge in [0.05, 0.1) is 56.7 Å². The van der Waals surface area contributed by atoms with Gasteiger partial charge in [-0.05, 0) is 90.8 Å². The van der Waals surface area contributed by atoms with E-state index >= 15 is 0 Å². The Morgan fingerprint density at radius 1 is 0.291 bits per heavy atom. The molecule has 0 bridgehead atoms. The molecule has 0 saturated heterocycles. The molecule has 14 aromatic rings. The van der Waals surface area contributed by atoms with Crippen LogP contribution < -0.4 is 0 Å². The Labute approximate surface area is 454 Å². The SMILES string of the molecule is Cc1cc(C#N)cc(-c2c(-n3c4ccccc4c4cc(-c5nc(-c6ccccc6)nc(-c6ccccc6)n5)ccc43)cc(C#N)cc2-n2c3ccccc3c3cc(-c4nc(-c5ccccc5)nc(-c5ccccc5)n4)ccc32)c1. The highest BCUT2D eigenvalue weighted by Gasteiger charge is 2.25. The van der Waals surface area contributed by atoms with Crippen molar-refractivity contribution in [1.29, 1.82) is 10.5 Å². The first-order valence-electron chi connectivity index (χ1n) is 25.9. The summed E-state index contributed by atoms with van der Waals surface area (Å²) in [5.41, 5.74) is 14.0. The van der Waals surface area contributed by atoms with E-state index in [-0.39, 0.29) is 0 Å². The van der Waals surface area contributed by atoms with Gasteiger partial charge in [-0.15, -0.1) is 0 Å². The van der Waals surface area contributed by atoms with Crippen molar-refractivity contribution in [3.63, 3.8) is 0 Å². The van der Waals surface area contributed by atoms with Crippen molar-refractivity contribution >= 4 is 43.6 Å². The molecule has 0 aliphatic heterocycles. The second kappa shape index (κ2) is 19.2. The molecule has 0 atom stereocenters. The molecule has 4 aromatic heterocycles. The molecule has 0 N–H and O–H groups in total. The third-order valence-electron chi connectivity index (χ3n) is 14.5. The van der Waals surface area contributed by atoms with Gasteiger partial charge >= 0.3 is 0 Å². The lowest BCUT2D eigenvalue weighted by molar-refractivity contribution is 1.07. The van der Waals surface area contributed by atoms with Gasteiger partial charge in [-0.25, -0.2) is 29.9 Å². The van der Waals surface area contributed by atoms with Gasteiger partial charge in [0.15, 0.2) is 34.9 Å². The standard InChI is InChI=1S/C69H42N10/c1-43-34-44(41-70)36-52(35-43)63-61(78-57-28-16-14-26-53(57)55-39-50(30-32-59(55)78)68-74-64(46-18-6-2-7-19-46)72-65(75-68)47-20-8-3-9-21-47)37-45(42-71)38-62(63)79-58-29-17-15-27-54(58)56-40-51(31-33-60(56)79)69-76-66(48-22-10-4-11-23-48)73-67(77-69)49-24-12-5-13-25-49/h2-40H,1H3. The first kappa shape index (κ1) is 46.3. The summed E-state index contributed by atoms with van der Waals surface area (Å²) in [5.74, 6) is 3.40. The summed E-state index contributed by atoms with van der Waals surface area (Å²) in [6.07, 6.45) is 0. The number of nitrogens with zero attached hydrogens (tertiary/aromatic N) is 10. The van der Waals surface area contributed by atoms with Crippen LogP contribution in [0.4, 0.5) is 0 Å². The molecular formula is C69H42N10. The van der Waals surface area contributed by atoms with E-state index in [0.717, 1.165) is 105 Å². The van der Waals surface area contributed by atoms with Crippen molar-refractivity contribution in [3.05, 3.63) is 253 Å². The van der Waals surface area contributed by atoms with Crippen molar-refractivity contribution in [1.82, 2.24) is 39.0 Å². The molecule has 10 nitrogen and oxygen atoms in total. The number of para-hydroxylation sites is 2. The zero-order chi connectivity index (χ0) is 53.0. The van der Waals surface area contributed by atoms with Gasteiger partial charge in [-0.3, -0.25) is 0 Å². The number of rotatable bonds is 9. The Bertz CT molecular complexity index is 4420. The first-order chi connectivity index (χ1) is 39.0. The van der Waals surface area contributed by atoms with Crippen LogP contribution in [0.1, 0.15) is 16.7 Å². The predicted molar refractivity (Wildman–Crippen MR) is 314 cm³/mol. The molecule has 4 heterocycles. The lowest BCUT2D eigenvalue weighted by Crippen LogP contribution is -2.05. The van der Waals surface area contributed by atoms with Crippen LogP contribution in [0.3, 0.4) is 0 Å². The molecule has 0 saturated carbocycles.